The summed E-state index contributed by atoms with van der Waals surface area (Å²) in [5.74, 6) is 0.145. The van der Waals surface area contributed by atoms with Crippen LogP contribution < -0.4 is 0 Å². The Hall–Kier alpha value is -0.700. The van der Waals surface area contributed by atoms with Crippen LogP contribution in [0, 0.1) is 11.7 Å². The summed E-state index contributed by atoms with van der Waals surface area (Å²) in [6.07, 6.45) is 5.27. The first-order chi connectivity index (χ1) is 6.77. The van der Waals surface area contributed by atoms with Gasteiger partial charge in [0, 0.05) is 6.42 Å². The van der Waals surface area contributed by atoms with E-state index in [2.05, 4.69) is 0 Å². The highest BCUT2D eigenvalue weighted by Crippen LogP contribution is 2.29. The number of thiophene rings is 1. The van der Waals surface area contributed by atoms with Gasteiger partial charge in [-0.25, -0.2) is 4.39 Å². The highest BCUT2D eigenvalue weighted by Gasteiger charge is 2.21. The van der Waals surface area contributed by atoms with Crippen LogP contribution in [-0.2, 0) is 0 Å². The lowest BCUT2D eigenvalue weighted by molar-refractivity contribution is 0.0962. The molecule has 0 unspecified atom stereocenters. The average Bonchev–Trinajstić information content (AvgIpc) is 2.75. The van der Waals surface area contributed by atoms with Crippen LogP contribution in [0.2, 0.25) is 0 Å². The van der Waals surface area contributed by atoms with Gasteiger partial charge in [0.2, 0.25) is 0 Å². The van der Waals surface area contributed by atoms with E-state index in [1.54, 1.807) is 5.38 Å². The van der Waals surface area contributed by atoms with E-state index in [9.17, 15) is 9.18 Å². The van der Waals surface area contributed by atoms with Crippen molar-refractivity contribution in [2.45, 2.75) is 32.1 Å². The van der Waals surface area contributed by atoms with E-state index in [-0.39, 0.29) is 11.6 Å². The molecule has 0 amide bonds. The molecule has 1 nitrogen and oxygen atoms in total. The Balaban J connectivity index is 1.98. The number of carbonyl (C=O) groups is 1. The van der Waals surface area contributed by atoms with E-state index < -0.39 is 0 Å². The van der Waals surface area contributed by atoms with Crippen LogP contribution in [0.5, 0.6) is 0 Å². The zero-order chi connectivity index (χ0) is 9.97. The molecule has 1 fully saturated rings. The van der Waals surface area contributed by atoms with Gasteiger partial charge in [0.15, 0.2) is 5.78 Å². The minimum absolute atomic E-state index is 0.00981. The van der Waals surface area contributed by atoms with Crippen LogP contribution in [0.3, 0.4) is 0 Å². The zero-order valence-corrected chi connectivity index (χ0v) is 8.78. The predicted molar refractivity (Wildman–Crippen MR) is 55.2 cm³/mol. The SMILES string of the molecule is O=C(CC1CCCC1)c1sccc1F. The van der Waals surface area contributed by atoms with Gasteiger partial charge in [-0.15, -0.1) is 11.3 Å². The van der Waals surface area contributed by atoms with Crippen molar-refractivity contribution in [3.05, 3.63) is 22.1 Å². The first kappa shape index (κ1) is 9.84. The molecule has 0 spiro atoms. The molecule has 1 aliphatic rings. The van der Waals surface area contributed by atoms with Gasteiger partial charge in [0.1, 0.15) is 10.7 Å². The molecule has 1 aromatic heterocycles. The Morgan fingerprint density at radius 3 is 2.79 bits per heavy atom. The highest BCUT2D eigenvalue weighted by molar-refractivity contribution is 7.12. The van der Waals surface area contributed by atoms with Crippen molar-refractivity contribution in [2.75, 3.05) is 0 Å². The summed E-state index contributed by atoms with van der Waals surface area (Å²) in [7, 11) is 0. The summed E-state index contributed by atoms with van der Waals surface area (Å²) >= 11 is 1.22. The van der Waals surface area contributed by atoms with Crippen molar-refractivity contribution < 1.29 is 9.18 Å². The first-order valence-electron chi connectivity index (χ1n) is 5.03. The molecule has 1 aliphatic carbocycles. The number of rotatable bonds is 3. The molecular formula is C11H13FOS. The molecule has 0 aromatic carbocycles. The van der Waals surface area contributed by atoms with Crippen LogP contribution in [0.4, 0.5) is 4.39 Å². The third-order valence-electron chi connectivity index (χ3n) is 2.82. The number of hydrogen-bond donors (Lipinski definition) is 0. The fraction of sp³-hybridized carbons (Fsp3) is 0.545. The third-order valence-corrected chi connectivity index (χ3v) is 3.75. The lowest BCUT2D eigenvalue weighted by Gasteiger charge is -2.05. The van der Waals surface area contributed by atoms with E-state index in [0.29, 0.717) is 17.2 Å². The molecule has 14 heavy (non-hydrogen) atoms. The summed E-state index contributed by atoms with van der Waals surface area (Å²) < 4.78 is 13.1. The Labute approximate surface area is 86.9 Å². The van der Waals surface area contributed by atoms with Gasteiger partial charge in [-0.1, -0.05) is 25.7 Å². The smallest absolute Gasteiger partial charge is 0.176 e. The van der Waals surface area contributed by atoms with Crippen molar-refractivity contribution in [3.63, 3.8) is 0 Å². The summed E-state index contributed by atoms with van der Waals surface area (Å²) in [5, 5.41) is 1.64. The minimum atomic E-state index is -0.349. The molecule has 0 aliphatic heterocycles. The quantitative estimate of drug-likeness (QED) is 0.699. The Morgan fingerprint density at radius 2 is 2.21 bits per heavy atom. The minimum Gasteiger partial charge on any atom is -0.293 e. The second-order valence-corrected chi connectivity index (χ2v) is 4.79. The molecule has 2 rings (SSSR count). The number of Topliss-reactive ketones (excluding diaryl/α,β-unsaturated/α-hetero) is 1. The van der Waals surface area contributed by atoms with Gasteiger partial charge in [-0.2, -0.15) is 0 Å². The third kappa shape index (κ3) is 2.03. The van der Waals surface area contributed by atoms with Gasteiger partial charge in [0.25, 0.3) is 0 Å². The van der Waals surface area contributed by atoms with Crippen LogP contribution in [0.25, 0.3) is 0 Å². The van der Waals surface area contributed by atoms with Gasteiger partial charge in [0.05, 0.1) is 0 Å². The Morgan fingerprint density at radius 1 is 1.50 bits per heavy atom. The topological polar surface area (TPSA) is 17.1 Å². The van der Waals surface area contributed by atoms with Gasteiger partial charge in [-0.05, 0) is 17.4 Å². The van der Waals surface area contributed by atoms with Crippen LogP contribution in [0.1, 0.15) is 41.8 Å². The largest absolute Gasteiger partial charge is 0.293 e. The zero-order valence-electron chi connectivity index (χ0n) is 7.96. The molecule has 1 saturated carbocycles. The van der Waals surface area contributed by atoms with Crippen molar-refractivity contribution in [1.82, 2.24) is 0 Å². The van der Waals surface area contributed by atoms with E-state index in [1.807, 2.05) is 0 Å². The maximum atomic E-state index is 13.1. The highest BCUT2D eigenvalue weighted by atomic mass is 32.1. The van der Waals surface area contributed by atoms with Crippen molar-refractivity contribution in [1.29, 1.82) is 0 Å². The normalized spacial score (nSPS) is 17.5. The second-order valence-electron chi connectivity index (χ2n) is 3.88. The van der Waals surface area contributed by atoms with Crippen LogP contribution in [0.15, 0.2) is 11.4 Å². The van der Waals surface area contributed by atoms with Gasteiger partial charge in [-0.3, -0.25) is 4.79 Å². The standard InChI is InChI=1S/C11H13FOS/c12-9-5-6-14-11(9)10(13)7-8-3-1-2-4-8/h5-6,8H,1-4,7H2. The number of carbonyl (C=O) groups excluding carboxylic acids is 1. The number of hydrogen-bond acceptors (Lipinski definition) is 2. The summed E-state index contributed by atoms with van der Waals surface area (Å²) in [4.78, 5) is 12.0. The molecular weight excluding hydrogens is 199 g/mol. The lowest BCUT2D eigenvalue weighted by Crippen LogP contribution is -2.05. The van der Waals surface area contributed by atoms with Crippen molar-refractivity contribution in [2.24, 2.45) is 5.92 Å². The molecule has 0 bridgehead atoms. The molecule has 0 saturated heterocycles. The number of halogens is 1. The summed E-state index contributed by atoms with van der Waals surface area (Å²) in [5.41, 5.74) is 0. The molecule has 0 radical (unpaired) electrons. The fourth-order valence-electron chi connectivity index (χ4n) is 2.06. The van der Waals surface area contributed by atoms with Crippen molar-refractivity contribution >= 4 is 17.1 Å². The molecule has 0 N–H and O–H groups in total. The Kier molecular flexibility index (Phi) is 2.96. The summed E-state index contributed by atoms with van der Waals surface area (Å²) in [6.45, 7) is 0. The predicted octanol–water partition coefficient (Wildman–Crippen LogP) is 3.65. The fourth-order valence-corrected chi connectivity index (χ4v) is 2.78. The average molecular weight is 212 g/mol. The molecule has 3 heteroatoms. The van der Waals surface area contributed by atoms with Crippen molar-refractivity contribution in [3.8, 4) is 0 Å². The summed E-state index contributed by atoms with van der Waals surface area (Å²) in [6, 6.07) is 1.37. The van der Waals surface area contributed by atoms with E-state index in [1.165, 1.54) is 30.2 Å². The molecule has 1 heterocycles. The second kappa shape index (κ2) is 4.22. The maximum Gasteiger partial charge on any atom is 0.176 e. The Bertz CT molecular complexity index is 326. The lowest BCUT2D eigenvalue weighted by atomic mass is 10.0. The molecule has 1 aromatic rings. The van der Waals surface area contributed by atoms with Crippen LogP contribution >= 0.6 is 11.3 Å². The monoisotopic (exact) mass is 212 g/mol. The van der Waals surface area contributed by atoms with E-state index in [4.69, 9.17) is 0 Å². The molecule has 76 valence electrons. The molecule has 0 atom stereocenters. The van der Waals surface area contributed by atoms with Crippen LogP contribution in [-0.4, -0.2) is 5.78 Å². The number of ketones is 1. The van der Waals surface area contributed by atoms with Gasteiger partial charge >= 0.3 is 0 Å². The first-order valence-corrected chi connectivity index (χ1v) is 5.91. The maximum absolute atomic E-state index is 13.1. The van der Waals surface area contributed by atoms with E-state index >= 15 is 0 Å². The van der Waals surface area contributed by atoms with Gasteiger partial charge < -0.3 is 0 Å². The van der Waals surface area contributed by atoms with E-state index in [0.717, 1.165) is 12.8 Å².